The molecule has 1 saturated carbocycles. The molecule has 0 saturated heterocycles. The third-order valence-corrected chi connectivity index (χ3v) is 5.29. The van der Waals surface area contributed by atoms with Crippen LogP contribution >= 0.6 is 0 Å². The largest absolute Gasteiger partial charge is 0.329 e. The number of hydrogen-bond donors (Lipinski definition) is 1. The molecule has 3 nitrogen and oxygen atoms in total. The quantitative estimate of drug-likeness (QED) is 0.834. The highest BCUT2D eigenvalue weighted by Gasteiger charge is 2.38. The van der Waals surface area contributed by atoms with Gasteiger partial charge in [0.2, 0.25) is 0 Å². The summed E-state index contributed by atoms with van der Waals surface area (Å²) in [7, 11) is 0. The molecule has 1 aromatic heterocycles. The van der Waals surface area contributed by atoms with E-state index in [1.54, 1.807) is 0 Å². The maximum atomic E-state index is 6.23. The number of aromatic nitrogens is 1. The van der Waals surface area contributed by atoms with Gasteiger partial charge >= 0.3 is 0 Å². The fourth-order valence-electron chi connectivity index (χ4n) is 3.88. The normalized spacial score (nSPS) is 26.2. The van der Waals surface area contributed by atoms with Crippen LogP contribution in [0.2, 0.25) is 0 Å². The molecule has 1 aliphatic carbocycles. The monoisotopic (exact) mass is 289 g/mol. The van der Waals surface area contributed by atoms with Crippen molar-refractivity contribution in [2.45, 2.75) is 64.5 Å². The molecule has 0 aromatic carbocycles. The standard InChI is InChI=1S/C18H31N3/c1-3-5-16-6-10-18(15-19,11-7-16)21(4-2)14-17-8-12-20-13-9-17/h8-9,12-13,16H,3-7,10-11,14-15,19H2,1-2H3. The van der Waals surface area contributed by atoms with E-state index in [-0.39, 0.29) is 5.54 Å². The van der Waals surface area contributed by atoms with Gasteiger partial charge in [-0.3, -0.25) is 9.88 Å². The summed E-state index contributed by atoms with van der Waals surface area (Å²) in [6.45, 7) is 7.40. The number of nitrogens with zero attached hydrogens (tertiary/aromatic N) is 2. The molecule has 21 heavy (non-hydrogen) atoms. The molecule has 0 unspecified atom stereocenters. The van der Waals surface area contributed by atoms with Gasteiger partial charge < -0.3 is 5.73 Å². The summed E-state index contributed by atoms with van der Waals surface area (Å²) >= 11 is 0. The molecule has 0 spiro atoms. The Kier molecular flexibility index (Phi) is 6.19. The Morgan fingerprint density at radius 2 is 1.90 bits per heavy atom. The highest BCUT2D eigenvalue weighted by molar-refractivity contribution is 5.11. The van der Waals surface area contributed by atoms with Gasteiger partial charge in [-0.1, -0.05) is 26.7 Å². The Morgan fingerprint density at radius 3 is 2.43 bits per heavy atom. The maximum Gasteiger partial charge on any atom is 0.0335 e. The second-order valence-electron chi connectivity index (χ2n) is 6.53. The number of nitrogens with two attached hydrogens (primary N) is 1. The van der Waals surface area contributed by atoms with Crippen LogP contribution in [0.4, 0.5) is 0 Å². The molecule has 0 aliphatic heterocycles. The van der Waals surface area contributed by atoms with Gasteiger partial charge in [0.15, 0.2) is 0 Å². The van der Waals surface area contributed by atoms with Crippen LogP contribution in [0.3, 0.4) is 0 Å². The van der Waals surface area contributed by atoms with Crippen LogP contribution in [0.25, 0.3) is 0 Å². The molecule has 0 amide bonds. The summed E-state index contributed by atoms with van der Waals surface area (Å²) < 4.78 is 0. The third-order valence-electron chi connectivity index (χ3n) is 5.29. The van der Waals surface area contributed by atoms with Crippen LogP contribution < -0.4 is 5.73 Å². The van der Waals surface area contributed by atoms with Gasteiger partial charge in [0.25, 0.3) is 0 Å². The molecule has 1 fully saturated rings. The van der Waals surface area contributed by atoms with Crippen molar-refractivity contribution >= 4 is 0 Å². The first-order chi connectivity index (χ1) is 10.2. The lowest BCUT2D eigenvalue weighted by Crippen LogP contribution is -2.55. The Balaban J connectivity index is 2.04. The predicted octanol–water partition coefficient (Wildman–Crippen LogP) is 3.59. The first kappa shape index (κ1) is 16.4. The Labute approximate surface area is 129 Å². The molecule has 0 bridgehead atoms. The summed E-state index contributed by atoms with van der Waals surface area (Å²) in [5.41, 5.74) is 7.79. The van der Waals surface area contributed by atoms with Crippen LogP contribution in [0.15, 0.2) is 24.5 Å². The summed E-state index contributed by atoms with van der Waals surface area (Å²) in [6, 6.07) is 4.24. The molecular weight excluding hydrogens is 258 g/mol. The molecule has 2 N–H and O–H groups in total. The highest BCUT2D eigenvalue weighted by Crippen LogP contribution is 2.38. The van der Waals surface area contributed by atoms with Crippen LogP contribution in [0.1, 0.15) is 57.9 Å². The number of rotatable bonds is 7. The lowest BCUT2D eigenvalue weighted by molar-refractivity contribution is 0.0384. The molecule has 118 valence electrons. The van der Waals surface area contributed by atoms with E-state index in [4.69, 9.17) is 5.73 Å². The zero-order valence-corrected chi connectivity index (χ0v) is 13.7. The lowest BCUT2D eigenvalue weighted by Gasteiger charge is -2.47. The van der Waals surface area contributed by atoms with Crippen molar-refractivity contribution in [3.63, 3.8) is 0 Å². The minimum atomic E-state index is 0.211. The first-order valence-electron chi connectivity index (χ1n) is 8.58. The summed E-state index contributed by atoms with van der Waals surface area (Å²) in [5.74, 6) is 0.925. The van der Waals surface area contributed by atoms with E-state index in [1.165, 1.54) is 44.1 Å². The number of hydrogen-bond acceptors (Lipinski definition) is 3. The van der Waals surface area contributed by atoms with Gasteiger partial charge in [0.05, 0.1) is 0 Å². The summed E-state index contributed by atoms with van der Waals surface area (Å²) in [6.07, 6.45) is 11.7. The van der Waals surface area contributed by atoms with Crippen molar-refractivity contribution in [1.82, 2.24) is 9.88 Å². The molecule has 1 aliphatic rings. The van der Waals surface area contributed by atoms with E-state index in [2.05, 4.69) is 35.9 Å². The van der Waals surface area contributed by atoms with E-state index in [0.29, 0.717) is 0 Å². The summed E-state index contributed by atoms with van der Waals surface area (Å²) in [5, 5.41) is 0. The second kappa shape index (κ2) is 7.90. The smallest absolute Gasteiger partial charge is 0.0335 e. The molecule has 1 aromatic rings. The van der Waals surface area contributed by atoms with Gasteiger partial charge in [-0.2, -0.15) is 0 Å². The molecular formula is C18H31N3. The van der Waals surface area contributed by atoms with Gasteiger partial charge in [-0.25, -0.2) is 0 Å². The van der Waals surface area contributed by atoms with E-state index in [9.17, 15) is 0 Å². The topological polar surface area (TPSA) is 42.1 Å². The highest BCUT2D eigenvalue weighted by atomic mass is 15.2. The van der Waals surface area contributed by atoms with Crippen LogP contribution in [0, 0.1) is 5.92 Å². The Hall–Kier alpha value is -0.930. The average Bonchev–Trinajstić information content (AvgIpc) is 2.55. The van der Waals surface area contributed by atoms with Gasteiger partial charge in [0, 0.05) is 31.0 Å². The van der Waals surface area contributed by atoms with Crippen molar-refractivity contribution in [1.29, 1.82) is 0 Å². The zero-order valence-electron chi connectivity index (χ0n) is 13.7. The zero-order chi connectivity index (χ0) is 15.1. The third kappa shape index (κ3) is 4.04. The molecule has 2 rings (SSSR count). The minimum Gasteiger partial charge on any atom is -0.329 e. The second-order valence-corrected chi connectivity index (χ2v) is 6.53. The van der Waals surface area contributed by atoms with Crippen LogP contribution in [0.5, 0.6) is 0 Å². The van der Waals surface area contributed by atoms with Gasteiger partial charge in [-0.15, -0.1) is 0 Å². The molecule has 0 atom stereocenters. The van der Waals surface area contributed by atoms with E-state index >= 15 is 0 Å². The lowest BCUT2D eigenvalue weighted by atomic mass is 9.74. The molecule has 1 heterocycles. The van der Waals surface area contributed by atoms with Gasteiger partial charge in [-0.05, 0) is 55.8 Å². The van der Waals surface area contributed by atoms with E-state index in [1.807, 2.05) is 12.4 Å². The fraction of sp³-hybridized carbons (Fsp3) is 0.722. The number of likely N-dealkylation sites (N-methyl/N-ethyl adjacent to an activating group) is 1. The summed E-state index contributed by atoms with van der Waals surface area (Å²) in [4.78, 5) is 6.72. The van der Waals surface area contributed by atoms with Crippen molar-refractivity contribution in [2.24, 2.45) is 11.7 Å². The van der Waals surface area contributed by atoms with Crippen LogP contribution in [-0.4, -0.2) is 28.5 Å². The van der Waals surface area contributed by atoms with Crippen molar-refractivity contribution in [3.05, 3.63) is 30.1 Å². The first-order valence-corrected chi connectivity index (χ1v) is 8.58. The van der Waals surface area contributed by atoms with E-state index < -0.39 is 0 Å². The van der Waals surface area contributed by atoms with Crippen molar-refractivity contribution in [3.8, 4) is 0 Å². The predicted molar refractivity (Wildman–Crippen MR) is 89.0 cm³/mol. The Bertz CT molecular complexity index is 396. The molecule has 3 heteroatoms. The molecule has 0 radical (unpaired) electrons. The average molecular weight is 289 g/mol. The van der Waals surface area contributed by atoms with Crippen molar-refractivity contribution in [2.75, 3.05) is 13.1 Å². The SMILES string of the molecule is CCCC1CCC(CN)(N(CC)Cc2ccncc2)CC1. The fourth-order valence-corrected chi connectivity index (χ4v) is 3.88. The minimum absolute atomic E-state index is 0.211. The maximum absolute atomic E-state index is 6.23. The van der Waals surface area contributed by atoms with Gasteiger partial charge in [0.1, 0.15) is 0 Å². The van der Waals surface area contributed by atoms with Crippen LogP contribution in [-0.2, 0) is 6.54 Å². The van der Waals surface area contributed by atoms with E-state index in [0.717, 1.165) is 25.6 Å². The number of pyridine rings is 1. The van der Waals surface area contributed by atoms with Crippen molar-refractivity contribution < 1.29 is 0 Å². The Morgan fingerprint density at radius 1 is 1.24 bits per heavy atom.